The van der Waals surface area contributed by atoms with E-state index in [0.29, 0.717) is 28.8 Å². The number of hydrogen-bond acceptors (Lipinski definition) is 4. The van der Waals surface area contributed by atoms with Crippen LogP contribution in [0, 0.1) is 6.92 Å². The van der Waals surface area contributed by atoms with Gasteiger partial charge in [0.1, 0.15) is 18.1 Å². The van der Waals surface area contributed by atoms with E-state index in [2.05, 4.69) is 10.4 Å². The molecule has 152 valence electrons. The summed E-state index contributed by atoms with van der Waals surface area (Å²) in [5, 5.41) is 7.61. The number of carbonyl (C=O) groups excluding carboxylic acids is 1. The standard InChI is InChI=1S/C23H20ClN3O3/c1-16-6-5-9-20(24)22(16)29-15-19-10-11-21(30-19)23(28)26-18-12-25-27(14-18)13-17-7-3-2-4-8-17/h2-12,14H,13,15H2,1H3,(H,26,28). The van der Waals surface area contributed by atoms with E-state index in [0.717, 1.165) is 11.1 Å². The molecule has 4 aromatic rings. The molecule has 6 nitrogen and oxygen atoms in total. The first kappa shape index (κ1) is 19.8. The Morgan fingerprint density at radius 3 is 2.77 bits per heavy atom. The molecule has 7 heteroatoms. The molecule has 0 aliphatic carbocycles. The molecule has 0 atom stereocenters. The predicted octanol–water partition coefficient (Wildman–Crippen LogP) is 5.32. The third-order valence-electron chi connectivity index (χ3n) is 4.49. The van der Waals surface area contributed by atoms with Crippen LogP contribution in [0.3, 0.4) is 0 Å². The van der Waals surface area contributed by atoms with Crippen molar-refractivity contribution in [2.45, 2.75) is 20.1 Å². The lowest BCUT2D eigenvalue weighted by atomic mass is 10.2. The Bertz CT molecular complexity index is 1130. The number of hydrogen-bond donors (Lipinski definition) is 1. The molecule has 0 radical (unpaired) electrons. The van der Waals surface area contributed by atoms with Gasteiger partial charge in [0.05, 0.1) is 23.5 Å². The Kier molecular flexibility index (Phi) is 5.86. The monoisotopic (exact) mass is 421 g/mol. The molecule has 0 bridgehead atoms. The number of amides is 1. The summed E-state index contributed by atoms with van der Waals surface area (Å²) in [7, 11) is 0. The van der Waals surface area contributed by atoms with Crippen molar-refractivity contribution in [2.75, 3.05) is 5.32 Å². The fourth-order valence-corrected chi connectivity index (χ4v) is 3.27. The highest BCUT2D eigenvalue weighted by molar-refractivity contribution is 6.32. The number of ether oxygens (including phenoxy) is 1. The Morgan fingerprint density at radius 1 is 1.13 bits per heavy atom. The van der Waals surface area contributed by atoms with E-state index in [9.17, 15) is 4.79 Å². The number of anilines is 1. The maximum absolute atomic E-state index is 12.5. The molecule has 0 aliphatic heterocycles. The number of para-hydroxylation sites is 1. The molecule has 30 heavy (non-hydrogen) atoms. The van der Waals surface area contributed by atoms with Gasteiger partial charge in [-0.05, 0) is 36.2 Å². The number of carbonyl (C=O) groups is 1. The van der Waals surface area contributed by atoms with Crippen molar-refractivity contribution in [3.05, 3.63) is 101 Å². The minimum atomic E-state index is -0.352. The van der Waals surface area contributed by atoms with Crippen LogP contribution < -0.4 is 10.1 Å². The Hall–Kier alpha value is -3.51. The molecule has 0 aliphatic rings. The highest BCUT2D eigenvalue weighted by atomic mass is 35.5. The summed E-state index contributed by atoms with van der Waals surface area (Å²) in [5.74, 6) is 0.973. The summed E-state index contributed by atoms with van der Waals surface area (Å²) in [5.41, 5.74) is 2.65. The second kappa shape index (κ2) is 8.88. The summed E-state index contributed by atoms with van der Waals surface area (Å²) in [6.45, 7) is 2.72. The Labute approximate surface area is 179 Å². The highest BCUT2D eigenvalue weighted by Gasteiger charge is 2.14. The van der Waals surface area contributed by atoms with Crippen molar-refractivity contribution in [1.82, 2.24) is 9.78 Å². The maximum Gasteiger partial charge on any atom is 0.291 e. The predicted molar refractivity (Wildman–Crippen MR) is 115 cm³/mol. The van der Waals surface area contributed by atoms with E-state index in [4.69, 9.17) is 20.8 Å². The average Bonchev–Trinajstić information content (AvgIpc) is 3.38. The summed E-state index contributed by atoms with van der Waals surface area (Å²) in [6.07, 6.45) is 3.38. The second-order valence-corrected chi connectivity index (χ2v) is 7.21. The van der Waals surface area contributed by atoms with E-state index in [-0.39, 0.29) is 18.3 Å². The maximum atomic E-state index is 12.5. The zero-order valence-corrected chi connectivity index (χ0v) is 17.1. The molecular formula is C23H20ClN3O3. The van der Waals surface area contributed by atoms with Crippen LogP contribution in [0.25, 0.3) is 0 Å². The molecule has 2 aromatic heterocycles. The number of aryl methyl sites for hydroxylation is 1. The average molecular weight is 422 g/mol. The van der Waals surface area contributed by atoms with Gasteiger partial charge in [-0.15, -0.1) is 0 Å². The van der Waals surface area contributed by atoms with Gasteiger partial charge in [-0.25, -0.2) is 0 Å². The molecule has 1 N–H and O–H groups in total. The van der Waals surface area contributed by atoms with Crippen molar-refractivity contribution >= 4 is 23.2 Å². The van der Waals surface area contributed by atoms with Crippen molar-refractivity contribution in [3.63, 3.8) is 0 Å². The van der Waals surface area contributed by atoms with E-state index >= 15 is 0 Å². The minimum Gasteiger partial charge on any atom is -0.484 e. The van der Waals surface area contributed by atoms with Crippen LogP contribution in [0.2, 0.25) is 5.02 Å². The first-order valence-corrected chi connectivity index (χ1v) is 9.80. The second-order valence-electron chi connectivity index (χ2n) is 6.81. The molecule has 0 saturated carbocycles. The molecule has 0 fully saturated rings. The summed E-state index contributed by atoms with van der Waals surface area (Å²) in [4.78, 5) is 12.5. The first-order chi connectivity index (χ1) is 14.6. The smallest absolute Gasteiger partial charge is 0.291 e. The number of aromatic nitrogens is 2. The molecule has 0 spiro atoms. The first-order valence-electron chi connectivity index (χ1n) is 9.43. The van der Waals surface area contributed by atoms with Gasteiger partial charge in [-0.1, -0.05) is 54.1 Å². The fourth-order valence-electron chi connectivity index (χ4n) is 3.00. The van der Waals surface area contributed by atoms with Crippen molar-refractivity contribution < 1.29 is 13.9 Å². The normalized spacial score (nSPS) is 10.7. The van der Waals surface area contributed by atoms with E-state index in [1.807, 2.05) is 49.4 Å². The van der Waals surface area contributed by atoms with Crippen molar-refractivity contribution in [3.8, 4) is 5.75 Å². The molecule has 1 amide bonds. The largest absolute Gasteiger partial charge is 0.484 e. The molecule has 0 unspecified atom stereocenters. The third kappa shape index (κ3) is 4.72. The molecule has 2 aromatic carbocycles. The summed E-state index contributed by atoms with van der Waals surface area (Å²) >= 11 is 6.17. The lowest BCUT2D eigenvalue weighted by molar-refractivity contribution is 0.0992. The van der Waals surface area contributed by atoms with Crippen molar-refractivity contribution in [2.24, 2.45) is 0 Å². The van der Waals surface area contributed by atoms with Crippen LogP contribution in [0.1, 0.15) is 27.4 Å². The van der Waals surface area contributed by atoms with Gasteiger partial charge in [0.15, 0.2) is 5.76 Å². The van der Waals surface area contributed by atoms with Crippen LogP contribution in [0.5, 0.6) is 5.75 Å². The van der Waals surface area contributed by atoms with Gasteiger partial charge in [0.25, 0.3) is 5.91 Å². The molecule has 2 heterocycles. The van der Waals surface area contributed by atoms with Gasteiger partial charge in [-0.2, -0.15) is 5.10 Å². The van der Waals surface area contributed by atoms with E-state index in [1.54, 1.807) is 35.3 Å². The van der Waals surface area contributed by atoms with Crippen LogP contribution in [-0.4, -0.2) is 15.7 Å². The van der Waals surface area contributed by atoms with Crippen LogP contribution in [0.15, 0.2) is 77.5 Å². The zero-order chi connectivity index (χ0) is 20.9. The quantitative estimate of drug-likeness (QED) is 0.438. The van der Waals surface area contributed by atoms with Gasteiger partial charge in [-0.3, -0.25) is 9.48 Å². The topological polar surface area (TPSA) is 69.3 Å². The molecule has 0 saturated heterocycles. The lowest BCUT2D eigenvalue weighted by Gasteiger charge is -2.09. The molecular weight excluding hydrogens is 402 g/mol. The number of rotatable bonds is 7. The number of benzene rings is 2. The van der Waals surface area contributed by atoms with Gasteiger partial charge >= 0.3 is 0 Å². The minimum absolute atomic E-state index is 0.173. The van der Waals surface area contributed by atoms with Crippen molar-refractivity contribution in [1.29, 1.82) is 0 Å². The summed E-state index contributed by atoms with van der Waals surface area (Å²) < 4.78 is 13.1. The van der Waals surface area contributed by atoms with Crippen LogP contribution in [-0.2, 0) is 13.2 Å². The SMILES string of the molecule is Cc1cccc(Cl)c1OCc1ccc(C(=O)Nc2cnn(Cc3ccccc3)c2)o1. The van der Waals surface area contributed by atoms with Gasteiger partial charge in [0, 0.05) is 6.20 Å². The number of furan rings is 1. The number of nitrogens with zero attached hydrogens (tertiary/aromatic N) is 2. The summed E-state index contributed by atoms with van der Waals surface area (Å²) in [6, 6.07) is 18.8. The van der Waals surface area contributed by atoms with Crippen LogP contribution in [0.4, 0.5) is 5.69 Å². The number of nitrogens with one attached hydrogen (secondary N) is 1. The Morgan fingerprint density at radius 2 is 1.97 bits per heavy atom. The number of halogens is 1. The van der Waals surface area contributed by atoms with Crippen LogP contribution >= 0.6 is 11.6 Å². The highest BCUT2D eigenvalue weighted by Crippen LogP contribution is 2.28. The third-order valence-corrected chi connectivity index (χ3v) is 4.78. The zero-order valence-electron chi connectivity index (χ0n) is 16.3. The van der Waals surface area contributed by atoms with Gasteiger partial charge < -0.3 is 14.5 Å². The molecule has 4 rings (SSSR count). The van der Waals surface area contributed by atoms with E-state index in [1.165, 1.54) is 0 Å². The Balaban J connectivity index is 1.35. The van der Waals surface area contributed by atoms with Gasteiger partial charge in [0.2, 0.25) is 0 Å². The van der Waals surface area contributed by atoms with E-state index < -0.39 is 0 Å². The fraction of sp³-hybridized carbons (Fsp3) is 0.130. The lowest BCUT2D eigenvalue weighted by Crippen LogP contribution is -2.10.